The van der Waals surface area contributed by atoms with Crippen LogP contribution in [0.2, 0.25) is 0 Å². The molecule has 1 aromatic rings. The lowest BCUT2D eigenvalue weighted by Crippen LogP contribution is -2.11. The molecule has 1 aromatic heterocycles. The molecule has 76 valence electrons. The van der Waals surface area contributed by atoms with E-state index in [1.165, 1.54) is 0 Å². The monoisotopic (exact) mass is 258 g/mol. The Labute approximate surface area is 90.0 Å². The van der Waals surface area contributed by atoms with Gasteiger partial charge in [0.1, 0.15) is 0 Å². The number of aromatic nitrogens is 2. The van der Waals surface area contributed by atoms with Crippen LogP contribution in [-0.4, -0.2) is 20.9 Å². The number of rotatable bonds is 2. The average Bonchev–Trinajstić information content (AvgIpc) is 2.70. The molecule has 1 aliphatic carbocycles. The van der Waals surface area contributed by atoms with Crippen LogP contribution in [-0.2, 0) is 4.79 Å². The first-order valence-electron chi connectivity index (χ1n) is 4.59. The summed E-state index contributed by atoms with van der Waals surface area (Å²) in [6, 6.07) is 0.252. The van der Waals surface area contributed by atoms with E-state index >= 15 is 0 Å². The normalized spacial score (nSPS) is 26.6. The molecule has 1 fully saturated rings. The number of nitrogens with zero attached hydrogens (tertiary/aromatic N) is 2. The molecule has 1 aliphatic rings. The second kappa shape index (κ2) is 3.73. The lowest BCUT2D eigenvalue weighted by atomic mass is 10.1. The van der Waals surface area contributed by atoms with E-state index in [0.29, 0.717) is 6.42 Å². The van der Waals surface area contributed by atoms with Crippen LogP contribution in [0.25, 0.3) is 0 Å². The Kier molecular flexibility index (Phi) is 2.58. The fourth-order valence-electron chi connectivity index (χ4n) is 1.94. The summed E-state index contributed by atoms with van der Waals surface area (Å²) in [5.41, 5.74) is 0. The largest absolute Gasteiger partial charge is 0.481 e. The highest BCUT2D eigenvalue weighted by molar-refractivity contribution is 9.10. The third-order valence-corrected chi connectivity index (χ3v) is 3.11. The molecule has 0 amide bonds. The number of hydrogen-bond donors (Lipinski definition) is 1. The van der Waals surface area contributed by atoms with Crippen molar-refractivity contribution in [1.82, 2.24) is 9.78 Å². The molecule has 2 atom stereocenters. The fourth-order valence-corrected chi connectivity index (χ4v) is 2.24. The highest BCUT2D eigenvalue weighted by Crippen LogP contribution is 2.34. The van der Waals surface area contributed by atoms with E-state index in [-0.39, 0.29) is 12.0 Å². The van der Waals surface area contributed by atoms with Gasteiger partial charge in [-0.15, -0.1) is 0 Å². The predicted octanol–water partition coefficient (Wildman–Crippen LogP) is 2.07. The van der Waals surface area contributed by atoms with Gasteiger partial charge in [-0.25, -0.2) is 0 Å². The third kappa shape index (κ3) is 1.82. The SMILES string of the molecule is O=C(O)C1CCC(n2cc(Br)cn2)C1. The maximum absolute atomic E-state index is 10.7. The maximum Gasteiger partial charge on any atom is 0.306 e. The van der Waals surface area contributed by atoms with Gasteiger partial charge in [0.15, 0.2) is 0 Å². The van der Waals surface area contributed by atoms with Crippen molar-refractivity contribution in [3.63, 3.8) is 0 Å². The summed E-state index contributed by atoms with van der Waals surface area (Å²) >= 11 is 3.32. The highest BCUT2D eigenvalue weighted by atomic mass is 79.9. The van der Waals surface area contributed by atoms with Gasteiger partial charge >= 0.3 is 5.97 Å². The first-order valence-corrected chi connectivity index (χ1v) is 5.38. The number of carbonyl (C=O) groups is 1. The Bertz CT molecular complexity index is 350. The van der Waals surface area contributed by atoms with E-state index in [9.17, 15) is 4.79 Å². The summed E-state index contributed by atoms with van der Waals surface area (Å²) in [5.74, 6) is -0.873. The zero-order valence-corrected chi connectivity index (χ0v) is 9.14. The molecule has 0 spiro atoms. The summed E-state index contributed by atoms with van der Waals surface area (Å²) in [6.07, 6.45) is 6.00. The predicted molar refractivity (Wildman–Crippen MR) is 53.9 cm³/mol. The van der Waals surface area contributed by atoms with Gasteiger partial charge in [-0.1, -0.05) is 0 Å². The molecule has 0 saturated heterocycles. The second-order valence-electron chi connectivity index (χ2n) is 3.64. The van der Waals surface area contributed by atoms with Gasteiger partial charge in [0.05, 0.1) is 22.6 Å². The highest BCUT2D eigenvalue weighted by Gasteiger charge is 2.30. The number of aliphatic carboxylic acids is 1. The van der Waals surface area contributed by atoms with Crippen LogP contribution in [0.3, 0.4) is 0 Å². The Morgan fingerprint density at radius 2 is 2.43 bits per heavy atom. The lowest BCUT2D eigenvalue weighted by Gasteiger charge is -2.09. The molecule has 0 radical (unpaired) electrons. The summed E-state index contributed by atoms with van der Waals surface area (Å²) in [5, 5.41) is 13.0. The molecule has 1 saturated carbocycles. The van der Waals surface area contributed by atoms with E-state index in [1.54, 1.807) is 6.20 Å². The number of hydrogen-bond acceptors (Lipinski definition) is 2. The molecular formula is C9H11BrN2O2. The molecular weight excluding hydrogens is 248 g/mol. The van der Waals surface area contributed by atoms with Gasteiger partial charge in [-0.3, -0.25) is 9.48 Å². The van der Waals surface area contributed by atoms with Crippen LogP contribution in [0.1, 0.15) is 25.3 Å². The smallest absolute Gasteiger partial charge is 0.306 e. The standard InChI is InChI=1S/C9H11BrN2O2/c10-7-4-11-12(5-7)8-2-1-6(3-8)9(13)14/h4-6,8H,1-3H2,(H,13,14). The second-order valence-corrected chi connectivity index (χ2v) is 4.56. The molecule has 4 nitrogen and oxygen atoms in total. The zero-order valence-electron chi connectivity index (χ0n) is 7.56. The van der Waals surface area contributed by atoms with Crippen LogP contribution in [0.4, 0.5) is 0 Å². The van der Waals surface area contributed by atoms with Crippen molar-refractivity contribution >= 4 is 21.9 Å². The van der Waals surface area contributed by atoms with E-state index in [2.05, 4.69) is 21.0 Å². The minimum Gasteiger partial charge on any atom is -0.481 e. The molecule has 2 rings (SSSR count). The van der Waals surface area contributed by atoms with Crippen molar-refractivity contribution in [3.05, 3.63) is 16.9 Å². The van der Waals surface area contributed by atoms with Crippen molar-refractivity contribution in [2.75, 3.05) is 0 Å². The third-order valence-electron chi connectivity index (χ3n) is 2.70. The number of carboxylic acids is 1. The van der Waals surface area contributed by atoms with Gasteiger partial charge < -0.3 is 5.11 Å². The van der Waals surface area contributed by atoms with Crippen molar-refractivity contribution in [2.45, 2.75) is 25.3 Å². The minimum absolute atomic E-state index is 0.192. The van der Waals surface area contributed by atoms with Crippen molar-refractivity contribution in [2.24, 2.45) is 5.92 Å². The van der Waals surface area contributed by atoms with E-state index in [1.807, 2.05) is 10.9 Å². The van der Waals surface area contributed by atoms with Crippen molar-refractivity contribution in [3.8, 4) is 0 Å². The number of halogens is 1. The Balaban J connectivity index is 2.05. The first kappa shape index (κ1) is 9.71. The molecule has 1 heterocycles. The van der Waals surface area contributed by atoms with Crippen LogP contribution in [0.15, 0.2) is 16.9 Å². The Hall–Kier alpha value is -0.840. The zero-order chi connectivity index (χ0) is 10.1. The van der Waals surface area contributed by atoms with Crippen molar-refractivity contribution < 1.29 is 9.90 Å². The van der Waals surface area contributed by atoms with Gasteiger partial charge in [0.25, 0.3) is 0 Å². The summed E-state index contributed by atoms with van der Waals surface area (Å²) in [4.78, 5) is 10.7. The van der Waals surface area contributed by atoms with Crippen LogP contribution in [0, 0.1) is 5.92 Å². The maximum atomic E-state index is 10.7. The molecule has 2 unspecified atom stereocenters. The topological polar surface area (TPSA) is 55.1 Å². The average molecular weight is 259 g/mol. The van der Waals surface area contributed by atoms with Gasteiger partial charge in [-0.2, -0.15) is 5.10 Å². The van der Waals surface area contributed by atoms with E-state index in [0.717, 1.165) is 17.3 Å². The van der Waals surface area contributed by atoms with Crippen molar-refractivity contribution in [1.29, 1.82) is 0 Å². The van der Waals surface area contributed by atoms with Gasteiger partial charge in [-0.05, 0) is 35.2 Å². The molecule has 5 heteroatoms. The molecule has 0 aliphatic heterocycles. The van der Waals surface area contributed by atoms with Gasteiger partial charge in [0.2, 0.25) is 0 Å². The summed E-state index contributed by atoms with van der Waals surface area (Å²) < 4.78 is 2.80. The Morgan fingerprint density at radius 1 is 1.64 bits per heavy atom. The molecule has 0 aromatic carbocycles. The quantitative estimate of drug-likeness (QED) is 0.884. The minimum atomic E-state index is -0.682. The van der Waals surface area contributed by atoms with Gasteiger partial charge in [0, 0.05) is 6.20 Å². The number of carboxylic acid groups (broad SMARTS) is 1. The van der Waals surface area contributed by atoms with E-state index in [4.69, 9.17) is 5.11 Å². The summed E-state index contributed by atoms with van der Waals surface area (Å²) in [6.45, 7) is 0. The van der Waals surface area contributed by atoms with Crippen LogP contribution >= 0.6 is 15.9 Å². The summed E-state index contributed by atoms with van der Waals surface area (Å²) in [7, 11) is 0. The molecule has 14 heavy (non-hydrogen) atoms. The van der Waals surface area contributed by atoms with E-state index < -0.39 is 5.97 Å². The fraction of sp³-hybridized carbons (Fsp3) is 0.556. The molecule has 1 N–H and O–H groups in total. The first-order chi connectivity index (χ1) is 6.66. The van der Waals surface area contributed by atoms with Crippen LogP contribution in [0.5, 0.6) is 0 Å². The molecule has 0 bridgehead atoms. The van der Waals surface area contributed by atoms with Crippen LogP contribution < -0.4 is 0 Å². The Morgan fingerprint density at radius 3 is 2.93 bits per heavy atom. The lowest BCUT2D eigenvalue weighted by molar-refractivity contribution is -0.141.